The van der Waals surface area contributed by atoms with Gasteiger partial charge in [-0.05, 0) is 24.2 Å². The molecule has 0 fully saturated rings. The lowest BCUT2D eigenvalue weighted by Gasteiger charge is -2.27. The molecule has 0 aromatic heterocycles. The van der Waals surface area contributed by atoms with E-state index in [4.69, 9.17) is 5.11 Å². The molecule has 0 saturated carbocycles. The predicted octanol–water partition coefficient (Wildman–Crippen LogP) is 3.72. The van der Waals surface area contributed by atoms with Crippen molar-refractivity contribution in [2.45, 2.75) is 30.6 Å². The van der Waals surface area contributed by atoms with Crippen LogP contribution in [0.5, 0.6) is 0 Å². The summed E-state index contributed by atoms with van der Waals surface area (Å²) in [5.74, 6) is 2.72. The van der Waals surface area contributed by atoms with E-state index in [0.29, 0.717) is 0 Å². The predicted molar refractivity (Wildman–Crippen MR) is 69.9 cm³/mol. The Hall–Kier alpha value is -1.20. The first kappa shape index (κ1) is 13.8. The van der Waals surface area contributed by atoms with Crippen LogP contribution in [0.15, 0.2) is 38.0 Å². The minimum Gasteiger partial charge on any atom is -0.462 e. The maximum absolute atomic E-state index is 8.45. The molecular formula is C13H20OSi. The van der Waals surface area contributed by atoms with E-state index in [0.717, 1.165) is 30.6 Å². The first-order valence-electron chi connectivity index (χ1n) is 5.19. The van der Waals surface area contributed by atoms with E-state index in [1.165, 1.54) is 0 Å². The quantitative estimate of drug-likeness (QED) is 0.375. The van der Waals surface area contributed by atoms with E-state index in [2.05, 4.69) is 25.7 Å². The lowest BCUT2D eigenvalue weighted by atomic mass is 10.5. The molecule has 0 aromatic rings. The van der Waals surface area contributed by atoms with Gasteiger partial charge < -0.3 is 5.11 Å². The SMILES string of the molecule is C=CC[Si](CC=C)(CC=C)CCC#CO. The zero-order valence-corrected chi connectivity index (χ0v) is 10.3. The molecule has 0 aliphatic heterocycles. The van der Waals surface area contributed by atoms with Crippen molar-refractivity contribution in [2.24, 2.45) is 0 Å². The summed E-state index contributed by atoms with van der Waals surface area (Å²) in [4.78, 5) is 0. The lowest BCUT2D eigenvalue weighted by Crippen LogP contribution is -2.31. The molecule has 0 rings (SSSR count). The highest BCUT2D eigenvalue weighted by atomic mass is 28.3. The molecule has 0 unspecified atom stereocenters. The Morgan fingerprint density at radius 3 is 1.80 bits per heavy atom. The van der Waals surface area contributed by atoms with Gasteiger partial charge in [0.2, 0.25) is 0 Å². The molecule has 0 amide bonds. The third-order valence-electron chi connectivity index (χ3n) is 2.59. The van der Waals surface area contributed by atoms with E-state index in [9.17, 15) is 0 Å². The van der Waals surface area contributed by atoms with E-state index in [1.54, 1.807) is 0 Å². The van der Waals surface area contributed by atoms with Crippen molar-refractivity contribution in [3.05, 3.63) is 38.0 Å². The van der Waals surface area contributed by atoms with Crippen molar-refractivity contribution in [1.82, 2.24) is 0 Å². The van der Waals surface area contributed by atoms with Crippen LogP contribution in [0.4, 0.5) is 0 Å². The molecule has 0 heterocycles. The first-order valence-corrected chi connectivity index (χ1v) is 8.02. The van der Waals surface area contributed by atoms with Gasteiger partial charge >= 0.3 is 0 Å². The van der Waals surface area contributed by atoms with Crippen LogP contribution in [0.1, 0.15) is 6.42 Å². The summed E-state index contributed by atoms with van der Waals surface area (Å²) in [5.41, 5.74) is 0. The standard InChI is InChI=1S/C13H20OSi/c1-4-10-15(11-5-2,12-6-3)13-8-7-9-14/h4-6,14H,1-3,8,10-13H2. The monoisotopic (exact) mass is 220 g/mol. The third-order valence-corrected chi connectivity index (χ3v) is 7.37. The Labute approximate surface area is 94.2 Å². The van der Waals surface area contributed by atoms with Gasteiger partial charge in [0.05, 0.1) is 8.07 Å². The Bertz CT molecular complexity index is 243. The van der Waals surface area contributed by atoms with Gasteiger partial charge in [-0.3, -0.25) is 0 Å². The number of rotatable bonds is 8. The summed E-state index contributed by atoms with van der Waals surface area (Å²) in [6, 6.07) is 4.28. The van der Waals surface area contributed by atoms with Crippen LogP contribution < -0.4 is 0 Å². The summed E-state index contributed by atoms with van der Waals surface area (Å²) < 4.78 is 0. The van der Waals surface area contributed by atoms with Crippen LogP contribution in [-0.4, -0.2) is 13.2 Å². The maximum atomic E-state index is 8.45. The summed E-state index contributed by atoms with van der Waals surface area (Å²) >= 11 is 0. The fourth-order valence-corrected chi connectivity index (χ4v) is 5.46. The third kappa shape index (κ3) is 5.29. The van der Waals surface area contributed by atoms with Gasteiger partial charge in [-0.15, -0.1) is 19.7 Å². The molecule has 2 heteroatoms. The topological polar surface area (TPSA) is 20.2 Å². The molecule has 82 valence electrons. The highest BCUT2D eigenvalue weighted by Crippen LogP contribution is 2.28. The summed E-state index contributed by atoms with van der Waals surface area (Å²) in [6.45, 7) is 11.5. The van der Waals surface area contributed by atoms with Crippen LogP contribution in [0.3, 0.4) is 0 Å². The number of hydrogen-bond acceptors (Lipinski definition) is 1. The fraction of sp³-hybridized carbons (Fsp3) is 0.385. The summed E-state index contributed by atoms with van der Waals surface area (Å²) in [7, 11) is -1.40. The van der Waals surface area contributed by atoms with Crippen LogP contribution in [-0.2, 0) is 0 Å². The summed E-state index contributed by atoms with van der Waals surface area (Å²) in [6.07, 6.45) is 8.70. The second kappa shape index (κ2) is 8.13. The molecule has 0 aliphatic rings. The van der Waals surface area contributed by atoms with Crippen molar-refractivity contribution in [2.75, 3.05) is 0 Å². The Kier molecular flexibility index (Phi) is 7.48. The van der Waals surface area contributed by atoms with Crippen LogP contribution in [0, 0.1) is 12.0 Å². The first-order chi connectivity index (χ1) is 7.24. The molecule has 0 radical (unpaired) electrons. The van der Waals surface area contributed by atoms with E-state index in [-0.39, 0.29) is 0 Å². The van der Waals surface area contributed by atoms with Crippen molar-refractivity contribution < 1.29 is 5.11 Å². The molecule has 0 spiro atoms. The van der Waals surface area contributed by atoms with Crippen LogP contribution in [0.2, 0.25) is 24.2 Å². The molecular weight excluding hydrogens is 200 g/mol. The molecule has 0 saturated heterocycles. The lowest BCUT2D eigenvalue weighted by molar-refractivity contribution is 0.516. The van der Waals surface area contributed by atoms with E-state index in [1.807, 2.05) is 24.3 Å². The highest BCUT2D eigenvalue weighted by Gasteiger charge is 2.27. The normalized spacial score (nSPS) is 9.87. The Balaban J connectivity index is 4.55. The number of aliphatic hydroxyl groups is 1. The zero-order valence-electron chi connectivity index (χ0n) is 9.34. The van der Waals surface area contributed by atoms with Gasteiger partial charge in [-0.1, -0.05) is 24.1 Å². The number of allylic oxidation sites excluding steroid dienone is 3. The Morgan fingerprint density at radius 2 is 1.47 bits per heavy atom. The minimum absolute atomic E-state index is 0.762. The van der Waals surface area contributed by atoms with Crippen LogP contribution >= 0.6 is 0 Å². The number of aliphatic hydroxyl groups excluding tert-OH is 1. The zero-order chi connectivity index (χ0) is 11.6. The molecule has 0 aliphatic carbocycles. The van der Waals surface area contributed by atoms with E-state index >= 15 is 0 Å². The maximum Gasteiger partial charge on any atom is 0.107 e. The van der Waals surface area contributed by atoms with Gasteiger partial charge in [-0.25, -0.2) is 0 Å². The molecule has 0 aromatic carbocycles. The van der Waals surface area contributed by atoms with Gasteiger partial charge in [0.15, 0.2) is 0 Å². The van der Waals surface area contributed by atoms with Gasteiger partial charge in [0.1, 0.15) is 6.11 Å². The van der Waals surface area contributed by atoms with E-state index < -0.39 is 8.07 Å². The largest absolute Gasteiger partial charge is 0.462 e. The molecule has 0 atom stereocenters. The second-order valence-corrected chi connectivity index (χ2v) is 8.49. The smallest absolute Gasteiger partial charge is 0.107 e. The average molecular weight is 220 g/mol. The van der Waals surface area contributed by atoms with Crippen LogP contribution in [0.25, 0.3) is 0 Å². The molecule has 0 bridgehead atoms. The molecule has 1 nitrogen and oxygen atoms in total. The number of hydrogen-bond donors (Lipinski definition) is 1. The fourth-order valence-electron chi connectivity index (χ4n) is 1.86. The van der Waals surface area contributed by atoms with Crippen molar-refractivity contribution in [1.29, 1.82) is 0 Å². The molecule has 15 heavy (non-hydrogen) atoms. The van der Waals surface area contributed by atoms with Gasteiger partial charge in [0.25, 0.3) is 0 Å². The van der Waals surface area contributed by atoms with Crippen molar-refractivity contribution >= 4 is 8.07 Å². The van der Waals surface area contributed by atoms with Gasteiger partial charge in [0, 0.05) is 6.42 Å². The molecule has 1 N–H and O–H groups in total. The van der Waals surface area contributed by atoms with Gasteiger partial charge in [-0.2, -0.15) is 0 Å². The van der Waals surface area contributed by atoms with Crippen molar-refractivity contribution in [3.8, 4) is 12.0 Å². The van der Waals surface area contributed by atoms with Crippen molar-refractivity contribution in [3.63, 3.8) is 0 Å². The second-order valence-electron chi connectivity index (χ2n) is 3.77. The minimum atomic E-state index is -1.40. The summed E-state index contributed by atoms with van der Waals surface area (Å²) in [5, 5.41) is 8.45. The average Bonchev–Trinajstić information content (AvgIpc) is 2.19. The Morgan fingerprint density at radius 1 is 1.00 bits per heavy atom. The highest BCUT2D eigenvalue weighted by molar-refractivity contribution is 6.81.